The molecule has 0 heterocycles. The molecule has 0 fully saturated rings. The Morgan fingerprint density at radius 1 is 1.50 bits per heavy atom. The molecule has 0 saturated carbocycles. The summed E-state index contributed by atoms with van der Waals surface area (Å²) in [4.78, 5) is 0. The second kappa shape index (κ2) is 2.99. The number of allylic oxidation sites excluding steroid dienone is 4. The molecular formula is C6H8BFO2. The molecule has 2 nitrogen and oxygen atoms in total. The van der Waals surface area contributed by atoms with Crippen LogP contribution in [0.3, 0.4) is 0 Å². The fraction of sp³-hybridized carbons (Fsp3) is 0.333. The highest BCUT2D eigenvalue weighted by molar-refractivity contribution is 6.51. The van der Waals surface area contributed by atoms with Gasteiger partial charge in [-0.25, -0.2) is 4.39 Å². The number of halogens is 1. The van der Waals surface area contributed by atoms with Crippen molar-refractivity contribution < 1.29 is 14.4 Å². The van der Waals surface area contributed by atoms with E-state index in [1.807, 2.05) is 0 Å². The first-order valence-corrected chi connectivity index (χ1v) is 3.12. The molecular weight excluding hydrogens is 134 g/mol. The van der Waals surface area contributed by atoms with Crippen molar-refractivity contribution in [3.63, 3.8) is 0 Å². The quantitative estimate of drug-likeness (QED) is 0.525. The highest BCUT2D eigenvalue weighted by Crippen LogP contribution is 2.18. The molecule has 10 heavy (non-hydrogen) atoms. The first kappa shape index (κ1) is 7.50. The Kier molecular flexibility index (Phi) is 2.24. The van der Waals surface area contributed by atoms with Crippen LogP contribution in [0.1, 0.15) is 12.8 Å². The maximum atomic E-state index is 12.4. The van der Waals surface area contributed by atoms with E-state index in [-0.39, 0.29) is 11.3 Å². The van der Waals surface area contributed by atoms with E-state index >= 15 is 0 Å². The van der Waals surface area contributed by atoms with Crippen molar-refractivity contribution >= 4 is 7.12 Å². The van der Waals surface area contributed by atoms with Crippen LogP contribution in [0.2, 0.25) is 0 Å². The first-order valence-electron chi connectivity index (χ1n) is 3.12. The number of hydrogen-bond donors (Lipinski definition) is 2. The van der Waals surface area contributed by atoms with Gasteiger partial charge in [-0.2, -0.15) is 0 Å². The Balaban J connectivity index is 2.69. The van der Waals surface area contributed by atoms with Gasteiger partial charge in [-0.05, 0) is 18.0 Å². The van der Waals surface area contributed by atoms with E-state index in [0.29, 0.717) is 12.8 Å². The summed E-state index contributed by atoms with van der Waals surface area (Å²) in [6.07, 6.45) is 3.70. The lowest BCUT2D eigenvalue weighted by Gasteiger charge is -2.06. The molecule has 0 spiro atoms. The summed E-state index contributed by atoms with van der Waals surface area (Å²) in [6.45, 7) is 0. The van der Waals surface area contributed by atoms with Gasteiger partial charge < -0.3 is 10.0 Å². The van der Waals surface area contributed by atoms with E-state index in [9.17, 15) is 4.39 Å². The predicted octanol–water partition coefficient (Wildman–Crippen LogP) is 0.572. The van der Waals surface area contributed by atoms with E-state index in [2.05, 4.69) is 0 Å². The molecule has 0 saturated heterocycles. The van der Waals surface area contributed by atoms with Gasteiger partial charge in [-0.3, -0.25) is 0 Å². The van der Waals surface area contributed by atoms with Crippen LogP contribution in [0.25, 0.3) is 0 Å². The third-order valence-electron chi connectivity index (χ3n) is 1.38. The van der Waals surface area contributed by atoms with Gasteiger partial charge in [0, 0.05) is 6.42 Å². The monoisotopic (exact) mass is 142 g/mol. The van der Waals surface area contributed by atoms with Gasteiger partial charge in [0.2, 0.25) is 0 Å². The lowest BCUT2D eigenvalue weighted by molar-refractivity contribution is 0.419. The summed E-state index contributed by atoms with van der Waals surface area (Å²) in [5.41, 5.74) is 0.253. The third kappa shape index (κ3) is 1.69. The summed E-state index contributed by atoms with van der Waals surface area (Å²) < 4.78 is 12.4. The maximum absolute atomic E-state index is 12.4. The lowest BCUT2D eigenvalue weighted by atomic mass is 9.76. The summed E-state index contributed by atoms with van der Waals surface area (Å²) in [5, 5.41) is 17.1. The van der Waals surface area contributed by atoms with E-state index in [4.69, 9.17) is 10.0 Å². The van der Waals surface area contributed by atoms with Gasteiger partial charge in [0.1, 0.15) is 0 Å². The molecule has 0 atom stereocenters. The summed E-state index contributed by atoms with van der Waals surface area (Å²) in [5.74, 6) is -0.286. The number of hydrogen-bond acceptors (Lipinski definition) is 2. The molecule has 1 rings (SSSR count). The smallest absolute Gasteiger partial charge is 0.423 e. The molecule has 1 aliphatic rings. The average Bonchev–Trinajstić information content (AvgIpc) is 1.88. The Labute approximate surface area is 58.8 Å². The fourth-order valence-corrected chi connectivity index (χ4v) is 0.869. The topological polar surface area (TPSA) is 40.5 Å². The van der Waals surface area contributed by atoms with Gasteiger partial charge in [0.15, 0.2) is 0 Å². The minimum Gasteiger partial charge on any atom is -0.423 e. The first-order chi connectivity index (χ1) is 4.70. The van der Waals surface area contributed by atoms with Crippen molar-refractivity contribution in [2.75, 3.05) is 0 Å². The SMILES string of the molecule is OB(O)C1=CCCC(F)=C1. The van der Waals surface area contributed by atoms with Crippen LogP contribution in [0, 0.1) is 0 Å². The molecule has 54 valence electrons. The minimum absolute atomic E-state index is 0.253. The largest absolute Gasteiger partial charge is 0.488 e. The molecule has 0 aromatic carbocycles. The van der Waals surface area contributed by atoms with Crippen LogP contribution in [-0.4, -0.2) is 17.2 Å². The Morgan fingerprint density at radius 2 is 2.20 bits per heavy atom. The van der Waals surface area contributed by atoms with Gasteiger partial charge >= 0.3 is 7.12 Å². The molecule has 0 aromatic heterocycles. The molecule has 2 N–H and O–H groups in total. The molecule has 0 bridgehead atoms. The van der Waals surface area contributed by atoms with Crippen LogP contribution in [0.4, 0.5) is 4.39 Å². The zero-order valence-electron chi connectivity index (χ0n) is 5.42. The second-order valence-corrected chi connectivity index (χ2v) is 2.21. The number of rotatable bonds is 1. The van der Waals surface area contributed by atoms with Gasteiger partial charge in [0.05, 0.1) is 5.83 Å². The standard InChI is InChI=1S/C6H8BFO2/c8-6-3-1-2-5(4-6)7(9)10/h2,4,9-10H,1,3H2. The Morgan fingerprint density at radius 3 is 2.60 bits per heavy atom. The van der Waals surface area contributed by atoms with Crippen LogP contribution >= 0.6 is 0 Å². The lowest BCUT2D eigenvalue weighted by Crippen LogP contribution is -2.15. The predicted molar refractivity (Wildman–Crippen MR) is 36.7 cm³/mol. The van der Waals surface area contributed by atoms with Crippen molar-refractivity contribution in [3.8, 4) is 0 Å². The molecule has 0 amide bonds. The minimum atomic E-state index is -1.54. The van der Waals surface area contributed by atoms with Crippen LogP contribution in [-0.2, 0) is 0 Å². The molecule has 0 aliphatic heterocycles. The van der Waals surface area contributed by atoms with Crippen molar-refractivity contribution in [3.05, 3.63) is 23.5 Å². The van der Waals surface area contributed by atoms with Gasteiger partial charge in [0.25, 0.3) is 0 Å². The van der Waals surface area contributed by atoms with E-state index in [0.717, 1.165) is 6.08 Å². The van der Waals surface area contributed by atoms with Gasteiger partial charge in [-0.1, -0.05) is 6.08 Å². The van der Waals surface area contributed by atoms with Gasteiger partial charge in [-0.15, -0.1) is 0 Å². The average molecular weight is 142 g/mol. The summed E-state index contributed by atoms with van der Waals surface area (Å²) in [7, 11) is -1.54. The molecule has 0 radical (unpaired) electrons. The van der Waals surface area contributed by atoms with Crippen molar-refractivity contribution in [2.24, 2.45) is 0 Å². The summed E-state index contributed by atoms with van der Waals surface area (Å²) >= 11 is 0. The van der Waals surface area contributed by atoms with Crippen LogP contribution in [0.5, 0.6) is 0 Å². The Bertz CT molecular complexity index is 186. The Hall–Kier alpha value is -0.605. The second-order valence-electron chi connectivity index (χ2n) is 2.21. The fourth-order valence-electron chi connectivity index (χ4n) is 0.869. The highest BCUT2D eigenvalue weighted by atomic mass is 19.1. The zero-order chi connectivity index (χ0) is 7.56. The third-order valence-corrected chi connectivity index (χ3v) is 1.38. The van der Waals surface area contributed by atoms with Crippen molar-refractivity contribution in [2.45, 2.75) is 12.8 Å². The normalized spacial score (nSPS) is 17.9. The molecule has 0 unspecified atom stereocenters. The zero-order valence-corrected chi connectivity index (χ0v) is 5.42. The van der Waals surface area contributed by atoms with Crippen molar-refractivity contribution in [1.29, 1.82) is 0 Å². The van der Waals surface area contributed by atoms with Crippen molar-refractivity contribution in [1.82, 2.24) is 0 Å². The molecule has 1 aliphatic carbocycles. The van der Waals surface area contributed by atoms with Crippen LogP contribution in [0.15, 0.2) is 23.5 Å². The van der Waals surface area contributed by atoms with E-state index in [1.54, 1.807) is 6.08 Å². The van der Waals surface area contributed by atoms with E-state index < -0.39 is 7.12 Å². The molecule has 4 heteroatoms. The van der Waals surface area contributed by atoms with Crippen LogP contribution < -0.4 is 0 Å². The summed E-state index contributed by atoms with van der Waals surface area (Å²) in [6, 6.07) is 0. The highest BCUT2D eigenvalue weighted by Gasteiger charge is 2.15. The maximum Gasteiger partial charge on any atom is 0.488 e. The molecule has 0 aromatic rings. The van der Waals surface area contributed by atoms with E-state index in [1.165, 1.54) is 0 Å².